The van der Waals surface area contributed by atoms with E-state index in [9.17, 15) is 13.2 Å². The molecule has 1 aromatic heterocycles. The molecule has 1 amide bonds. The number of nitrogens with zero attached hydrogens (tertiary/aromatic N) is 3. The molecular weight excluding hydrogens is 334 g/mol. The van der Waals surface area contributed by atoms with Crippen LogP contribution in [0.3, 0.4) is 0 Å². The summed E-state index contributed by atoms with van der Waals surface area (Å²) in [6.45, 7) is 0.484. The molecule has 3 rings (SSSR count). The van der Waals surface area contributed by atoms with Crippen LogP contribution in [0.2, 0.25) is 0 Å². The lowest BCUT2D eigenvalue weighted by Crippen LogP contribution is -2.35. The maximum absolute atomic E-state index is 12.6. The number of rotatable bonds is 3. The first-order valence-corrected chi connectivity index (χ1v) is 9.89. The fourth-order valence-electron chi connectivity index (χ4n) is 2.70. The van der Waals surface area contributed by atoms with Crippen molar-refractivity contribution in [2.45, 2.75) is 12.8 Å². The summed E-state index contributed by atoms with van der Waals surface area (Å²) in [4.78, 5) is 18.2. The summed E-state index contributed by atoms with van der Waals surface area (Å²) in [5, 5.41) is 2.45. The summed E-state index contributed by atoms with van der Waals surface area (Å²) < 4.78 is 25.2. The maximum Gasteiger partial charge on any atom is 0.259 e. The highest BCUT2D eigenvalue weighted by Crippen LogP contribution is 2.30. The number of fused-ring (bicyclic) bond motifs is 1. The van der Waals surface area contributed by atoms with E-state index in [4.69, 9.17) is 0 Å². The van der Waals surface area contributed by atoms with Gasteiger partial charge < -0.3 is 0 Å². The summed E-state index contributed by atoms with van der Waals surface area (Å²) in [6.07, 6.45) is 4.38. The number of amides is 1. The van der Waals surface area contributed by atoms with Crippen molar-refractivity contribution < 1.29 is 13.2 Å². The minimum Gasteiger partial charge on any atom is -0.287 e. The van der Waals surface area contributed by atoms with E-state index in [-0.39, 0.29) is 5.91 Å². The number of hydrogen-bond donors (Lipinski definition) is 0. The van der Waals surface area contributed by atoms with Gasteiger partial charge in [-0.2, -0.15) is 0 Å². The van der Waals surface area contributed by atoms with E-state index in [2.05, 4.69) is 4.98 Å². The first-order valence-electron chi connectivity index (χ1n) is 7.16. The zero-order valence-corrected chi connectivity index (χ0v) is 14.5. The van der Waals surface area contributed by atoms with Gasteiger partial charge in [0, 0.05) is 30.7 Å². The SMILES string of the molecule is CN(C(=O)c1ccc2c(c1)CCCN2S(C)(=O)=O)c1nccs1. The molecule has 1 aliphatic heterocycles. The standard InChI is InChI=1S/C15H17N3O3S2/c1-17(15-16-7-9-22-15)14(19)12-5-6-13-11(10-12)4-3-8-18(13)23(2,20)21/h5-7,9-10H,3-4,8H2,1-2H3. The molecule has 0 N–H and O–H groups in total. The minimum absolute atomic E-state index is 0.153. The molecule has 23 heavy (non-hydrogen) atoms. The lowest BCUT2D eigenvalue weighted by molar-refractivity contribution is 0.0993. The lowest BCUT2D eigenvalue weighted by Gasteiger charge is -2.29. The normalized spacial score (nSPS) is 14.4. The topological polar surface area (TPSA) is 70.6 Å². The summed E-state index contributed by atoms with van der Waals surface area (Å²) >= 11 is 1.39. The van der Waals surface area contributed by atoms with E-state index in [0.717, 1.165) is 18.4 Å². The molecule has 2 heterocycles. The molecule has 0 atom stereocenters. The third-order valence-corrected chi connectivity index (χ3v) is 5.84. The van der Waals surface area contributed by atoms with Crippen LogP contribution in [0.5, 0.6) is 0 Å². The molecule has 122 valence electrons. The second kappa shape index (κ2) is 5.93. The van der Waals surface area contributed by atoms with E-state index in [1.165, 1.54) is 26.8 Å². The first-order chi connectivity index (χ1) is 10.9. The van der Waals surface area contributed by atoms with Gasteiger partial charge in [0.1, 0.15) is 0 Å². The number of anilines is 2. The molecule has 8 heteroatoms. The Bertz CT molecular complexity index is 832. The molecule has 2 aromatic rings. The highest BCUT2D eigenvalue weighted by Gasteiger charge is 2.25. The fourth-order valence-corrected chi connectivity index (χ4v) is 4.30. The number of aromatic nitrogens is 1. The Morgan fingerprint density at radius 1 is 1.39 bits per heavy atom. The van der Waals surface area contributed by atoms with Crippen molar-refractivity contribution in [3.8, 4) is 0 Å². The van der Waals surface area contributed by atoms with Gasteiger partial charge in [0.15, 0.2) is 5.13 Å². The average Bonchev–Trinajstić information content (AvgIpc) is 3.05. The van der Waals surface area contributed by atoms with Crippen LogP contribution in [0.4, 0.5) is 10.8 Å². The second-order valence-corrected chi connectivity index (χ2v) is 8.24. The summed E-state index contributed by atoms with van der Waals surface area (Å²) in [5.41, 5.74) is 2.10. The summed E-state index contributed by atoms with van der Waals surface area (Å²) in [7, 11) is -1.61. The molecule has 0 saturated carbocycles. The smallest absolute Gasteiger partial charge is 0.259 e. The zero-order chi connectivity index (χ0) is 16.6. The molecule has 0 bridgehead atoms. The highest BCUT2D eigenvalue weighted by atomic mass is 32.2. The van der Waals surface area contributed by atoms with Crippen molar-refractivity contribution in [1.29, 1.82) is 0 Å². The van der Waals surface area contributed by atoms with Gasteiger partial charge in [-0.3, -0.25) is 14.0 Å². The Hall–Kier alpha value is -1.93. The van der Waals surface area contributed by atoms with Crippen LogP contribution in [0, 0.1) is 0 Å². The molecule has 6 nitrogen and oxygen atoms in total. The Morgan fingerprint density at radius 2 is 2.17 bits per heavy atom. The van der Waals surface area contributed by atoms with Crippen LogP contribution < -0.4 is 9.21 Å². The highest BCUT2D eigenvalue weighted by molar-refractivity contribution is 7.92. The van der Waals surface area contributed by atoms with Gasteiger partial charge in [0.25, 0.3) is 5.91 Å². The van der Waals surface area contributed by atoms with Gasteiger partial charge in [0.05, 0.1) is 11.9 Å². The number of carbonyl (C=O) groups excluding carboxylic acids is 1. The molecule has 0 unspecified atom stereocenters. The maximum atomic E-state index is 12.6. The van der Waals surface area contributed by atoms with Crippen LogP contribution in [0.15, 0.2) is 29.8 Å². The van der Waals surface area contributed by atoms with Crippen molar-refractivity contribution in [2.24, 2.45) is 0 Å². The van der Waals surface area contributed by atoms with Crippen molar-refractivity contribution in [3.63, 3.8) is 0 Å². The molecule has 1 aliphatic rings. The number of carbonyl (C=O) groups is 1. The van der Waals surface area contributed by atoms with E-state index in [1.54, 1.807) is 31.4 Å². The van der Waals surface area contributed by atoms with Gasteiger partial charge in [-0.1, -0.05) is 0 Å². The van der Waals surface area contributed by atoms with Gasteiger partial charge in [-0.15, -0.1) is 11.3 Å². The van der Waals surface area contributed by atoms with Crippen molar-refractivity contribution >= 4 is 38.1 Å². The minimum atomic E-state index is -3.29. The first kappa shape index (κ1) is 15.9. The van der Waals surface area contributed by atoms with Crippen LogP contribution in [0.25, 0.3) is 0 Å². The molecule has 0 aliphatic carbocycles. The number of hydrogen-bond acceptors (Lipinski definition) is 5. The second-order valence-electron chi connectivity index (χ2n) is 5.46. The fraction of sp³-hybridized carbons (Fsp3) is 0.333. The Kier molecular flexibility index (Phi) is 4.11. The van der Waals surface area contributed by atoms with Crippen molar-refractivity contribution in [1.82, 2.24) is 4.98 Å². The van der Waals surface area contributed by atoms with E-state index in [0.29, 0.717) is 22.9 Å². The molecule has 1 aromatic carbocycles. The van der Waals surface area contributed by atoms with Gasteiger partial charge in [-0.25, -0.2) is 13.4 Å². The van der Waals surface area contributed by atoms with E-state index < -0.39 is 10.0 Å². The summed E-state index contributed by atoms with van der Waals surface area (Å²) in [5.74, 6) is -0.153. The quantitative estimate of drug-likeness (QED) is 0.849. The zero-order valence-electron chi connectivity index (χ0n) is 12.9. The van der Waals surface area contributed by atoms with Crippen molar-refractivity contribution in [2.75, 3.05) is 29.1 Å². The van der Waals surface area contributed by atoms with Gasteiger partial charge in [0.2, 0.25) is 10.0 Å². The Morgan fingerprint density at radius 3 is 2.83 bits per heavy atom. The average molecular weight is 351 g/mol. The predicted molar refractivity (Wildman–Crippen MR) is 91.8 cm³/mol. The molecule has 0 radical (unpaired) electrons. The predicted octanol–water partition coefficient (Wildman–Crippen LogP) is 2.13. The van der Waals surface area contributed by atoms with Gasteiger partial charge >= 0.3 is 0 Å². The van der Waals surface area contributed by atoms with Gasteiger partial charge in [-0.05, 0) is 36.6 Å². The summed E-state index contributed by atoms with van der Waals surface area (Å²) in [6, 6.07) is 5.19. The molecular formula is C15H17N3O3S2. The number of aryl methyl sites for hydroxylation is 1. The number of thiazole rings is 1. The Labute approximate surface area is 139 Å². The molecule has 0 fully saturated rings. The number of benzene rings is 1. The van der Waals surface area contributed by atoms with Crippen LogP contribution in [0.1, 0.15) is 22.3 Å². The molecule has 0 saturated heterocycles. The largest absolute Gasteiger partial charge is 0.287 e. The monoisotopic (exact) mass is 351 g/mol. The van der Waals surface area contributed by atoms with E-state index in [1.807, 2.05) is 5.38 Å². The third-order valence-electron chi connectivity index (χ3n) is 3.81. The van der Waals surface area contributed by atoms with E-state index >= 15 is 0 Å². The van der Waals surface area contributed by atoms with Crippen LogP contribution in [-0.4, -0.2) is 39.2 Å². The molecule has 0 spiro atoms. The van der Waals surface area contributed by atoms with Crippen LogP contribution in [-0.2, 0) is 16.4 Å². The number of sulfonamides is 1. The Balaban J connectivity index is 1.94. The lowest BCUT2D eigenvalue weighted by atomic mass is 10.0. The third kappa shape index (κ3) is 3.09. The van der Waals surface area contributed by atoms with Crippen LogP contribution >= 0.6 is 11.3 Å². The van der Waals surface area contributed by atoms with Crippen molar-refractivity contribution in [3.05, 3.63) is 40.9 Å².